The number of hydrogen-bond acceptors (Lipinski definition) is 9. The first kappa shape index (κ1) is 22.4. The fraction of sp³-hybridized carbons (Fsp3) is 0.941. The Labute approximate surface area is 160 Å². The Morgan fingerprint density at radius 3 is 2.67 bits per heavy atom. The largest absolute Gasteiger partial charge is 0.388 e. The summed E-state index contributed by atoms with van der Waals surface area (Å²) in [6.45, 7) is 0.456. The number of hydrogen-bond donors (Lipinski definition) is 5. The highest BCUT2D eigenvalue weighted by Gasteiger charge is 2.48. The van der Waals surface area contributed by atoms with Crippen LogP contribution >= 0.6 is 0 Å². The van der Waals surface area contributed by atoms with Gasteiger partial charge in [-0.25, -0.2) is 0 Å². The minimum atomic E-state index is -1.11. The van der Waals surface area contributed by atoms with Crippen molar-refractivity contribution in [2.45, 2.75) is 68.2 Å². The molecule has 0 aromatic rings. The number of carbonyl (C=O) groups is 1. The zero-order chi connectivity index (χ0) is 20.1. The lowest BCUT2D eigenvalue weighted by atomic mass is 9.83. The Hall–Kier alpha value is -0.850. The van der Waals surface area contributed by atoms with Crippen LogP contribution in [0.2, 0.25) is 0 Å². The van der Waals surface area contributed by atoms with Gasteiger partial charge >= 0.3 is 0 Å². The Morgan fingerprint density at radius 1 is 1.37 bits per heavy atom. The van der Waals surface area contributed by atoms with Gasteiger partial charge in [0, 0.05) is 26.7 Å². The molecule has 2 aliphatic rings. The number of aliphatic hydroxyl groups excluding tert-OH is 2. The molecule has 27 heavy (non-hydrogen) atoms. The molecule has 0 radical (unpaired) electrons. The summed E-state index contributed by atoms with van der Waals surface area (Å²) in [6, 6.07) is -1.20. The minimum Gasteiger partial charge on any atom is -0.388 e. The van der Waals surface area contributed by atoms with Gasteiger partial charge in [0.15, 0.2) is 6.29 Å². The molecule has 1 saturated heterocycles. The molecule has 7 N–H and O–H groups in total. The fourth-order valence-electron chi connectivity index (χ4n) is 3.91. The van der Waals surface area contributed by atoms with Crippen LogP contribution in [0.4, 0.5) is 0 Å². The molecule has 2 rings (SSSR count). The molecule has 0 aromatic heterocycles. The van der Waals surface area contributed by atoms with Crippen LogP contribution in [-0.4, -0.2) is 104 Å². The third kappa shape index (κ3) is 5.15. The third-order valence-electron chi connectivity index (χ3n) is 5.46. The molecule has 10 nitrogen and oxygen atoms in total. The Balaban J connectivity index is 2.13. The number of carbonyl (C=O) groups excluding carboxylic acids is 1. The monoisotopic (exact) mass is 390 g/mol. The summed E-state index contributed by atoms with van der Waals surface area (Å²) in [5, 5.41) is 24.2. The van der Waals surface area contributed by atoms with Crippen molar-refractivity contribution in [3.8, 4) is 0 Å². The van der Waals surface area contributed by atoms with Crippen LogP contribution in [0, 0.1) is 0 Å². The highest BCUT2D eigenvalue weighted by molar-refractivity contribution is 5.78. The summed E-state index contributed by atoms with van der Waals surface area (Å²) < 4.78 is 17.2. The van der Waals surface area contributed by atoms with E-state index < -0.39 is 42.8 Å². The van der Waals surface area contributed by atoms with E-state index in [1.54, 1.807) is 7.05 Å². The summed E-state index contributed by atoms with van der Waals surface area (Å²) >= 11 is 0. The van der Waals surface area contributed by atoms with E-state index in [0.29, 0.717) is 25.8 Å². The number of ether oxygens (including phenoxy) is 3. The molecule has 1 aliphatic carbocycles. The summed E-state index contributed by atoms with van der Waals surface area (Å²) in [6.07, 6.45) is -2.55. The molecule has 0 spiro atoms. The highest BCUT2D eigenvalue weighted by atomic mass is 16.7. The van der Waals surface area contributed by atoms with E-state index in [4.69, 9.17) is 25.7 Å². The Bertz CT molecular complexity index is 484. The van der Waals surface area contributed by atoms with Gasteiger partial charge in [-0.05, 0) is 26.3 Å². The van der Waals surface area contributed by atoms with E-state index in [2.05, 4.69) is 5.32 Å². The lowest BCUT2D eigenvalue weighted by Crippen LogP contribution is -2.66. The van der Waals surface area contributed by atoms with Crippen LogP contribution < -0.4 is 16.8 Å². The number of nitrogens with one attached hydrogen (secondary N) is 1. The average molecular weight is 390 g/mol. The topological polar surface area (TPSA) is 153 Å². The quantitative estimate of drug-likeness (QED) is 0.314. The number of methoxy groups -OCH3 is 1. The zero-order valence-electron chi connectivity index (χ0n) is 16.3. The standard InChI is InChI=1S/C17H34N4O6/c1-20-8-9-4-5-11(22)17(26-9)27-16-10(19)6-12(25-3)14(15(16)24)21(2)13(23)7-18/h9-12,14-17,20,22,24H,4-8,18-19H2,1-3H3/t9-,10+,11+,12-,14+,15+,16+,17+/m0/s1. The molecular weight excluding hydrogens is 356 g/mol. The van der Waals surface area contributed by atoms with Crippen LogP contribution in [0.5, 0.6) is 0 Å². The fourth-order valence-corrected chi connectivity index (χ4v) is 3.91. The number of amides is 1. The molecule has 1 amide bonds. The number of nitrogens with zero attached hydrogens (tertiary/aromatic N) is 1. The second-order valence-corrected chi connectivity index (χ2v) is 7.29. The molecule has 0 unspecified atom stereocenters. The van der Waals surface area contributed by atoms with Crippen LogP contribution in [0.1, 0.15) is 19.3 Å². The van der Waals surface area contributed by atoms with Gasteiger partial charge in [-0.1, -0.05) is 0 Å². The van der Waals surface area contributed by atoms with E-state index in [1.165, 1.54) is 12.0 Å². The van der Waals surface area contributed by atoms with Crippen molar-refractivity contribution in [3.05, 3.63) is 0 Å². The highest BCUT2D eigenvalue weighted by Crippen LogP contribution is 2.30. The summed E-state index contributed by atoms with van der Waals surface area (Å²) in [4.78, 5) is 13.4. The third-order valence-corrected chi connectivity index (χ3v) is 5.46. The van der Waals surface area contributed by atoms with E-state index in [-0.39, 0.29) is 18.6 Å². The number of likely N-dealkylation sites (N-methyl/N-ethyl adjacent to an activating group) is 2. The zero-order valence-corrected chi connectivity index (χ0v) is 16.3. The molecule has 1 aliphatic heterocycles. The predicted octanol–water partition coefficient (Wildman–Crippen LogP) is -2.65. The van der Waals surface area contributed by atoms with Gasteiger partial charge < -0.3 is 46.1 Å². The summed E-state index contributed by atoms with van der Waals surface area (Å²) in [5.74, 6) is -0.321. The first-order valence-corrected chi connectivity index (χ1v) is 9.39. The first-order chi connectivity index (χ1) is 12.8. The molecule has 10 heteroatoms. The maximum atomic E-state index is 12.1. The minimum absolute atomic E-state index is 0.0932. The van der Waals surface area contributed by atoms with Gasteiger partial charge in [0.1, 0.15) is 18.3 Å². The second kappa shape index (κ2) is 10.1. The van der Waals surface area contributed by atoms with Gasteiger partial charge in [0.25, 0.3) is 0 Å². The summed E-state index contributed by atoms with van der Waals surface area (Å²) in [5.41, 5.74) is 11.7. The van der Waals surface area contributed by atoms with Gasteiger partial charge in [-0.15, -0.1) is 0 Å². The van der Waals surface area contributed by atoms with Crippen LogP contribution in [-0.2, 0) is 19.0 Å². The molecule has 0 aromatic carbocycles. The molecule has 1 heterocycles. The van der Waals surface area contributed by atoms with Gasteiger partial charge in [0.2, 0.25) is 5.91 Å². The Kier molecular flexibility index (Phi) is 8.38. The molecule has 158 valence electrons. The lowest BCUT2D eigenvalue weighted by Gasteiger charge is -2.47. The van der Waals surface area contributed by atoms with Gasteiger partial charge in [0.05, 0.1) is 24.8 Å². The predicted molar refractivity (Wildman–Crippen MR) is 97.7 cm³/mol. The van der Waals surface area contributed by atoms with E-state index in [9.17, 15) is 15.0 Å². The van der Waals surface area contributed by atoms with Crippen molar-refractivity contribution >= 4 is 5.91 Å². The van der Waals surface area contributed by atoms with Crippen LogP contribution in [0.25, 0.3) is 0 Å². The maximum absolute atomic E-state index is 12.1. The number of nitrogens with two attached hydrogens (primary N) is 2. The Morgan fingerprint density at radius 2 is 2.07 bits per heavy atom. The molecule has 2 fully saturated rings. The van der Waals surface area contributed by atoms with Crippen molar-refractivity contribution in [3.63, 3.8) is 0 Å². The van der Waals surface area contributed by atoms with E-state index in [1.807, 2.05) is 7.05 Å². The smallest absolute Gasteiger partial charge is 0.236 e. The lowest BCUT2D eigenvalue weighted by molar-refractivity contribution is -0.279. The van der Waals surface area contributed by atoms with E-state index in [0.717, 1.165) is 0 Å². The van der Waals surface area contributed by atoms with E-state index >= 15 is 0 Å². The van der Waals surface area contributed by atoms with Crippen molar-refractivity contribution < 1.29 is 29.2 Å². The van der Waals surface area contributed by atoms with Crippen molar-refractivity contribution in [1.82, 2.24) is 10.2 Å². The molecule has 8 atom stereocenters. The van der Waals surface area contributed by atoms with Crippen LogP contribution in [0.3, 0.4) is 0 Å². The maximum Gasteiger partial charge on any atom is 0.236 e. The molecule has 0 bridgehead atoms. The SMILES string of the molecule is CNC[C@@H]1CC[C@@H](O)[C@@H](O[C@H]2[C@H](O)[C@H](N(C)C(=O)CN)[C@@H](OC)C[C@H]2N)O1. The molecule has 1 saturated carbocycles. The first-order valence-electron chi connectivity index (χ1n) is 9.39. The van der Waals surface area contributed by atoms with Crippen molar-refractivity contribution in [2.24, 2.45) is 11.5 Å². The van der Waals surface area contributed by atoms with Crippen molar-refractivity contribution in [1.29, 1.82) is 0 Å². The van der Waals surface area contributed by atoms with Gasteiger partial charge in [-0.2, -0.15) is 0 Å². The van der Waals surface area contributed by atoms with Gasteiger partial charge in [-0.3, -0.25) is 4.79 Å². The molecular formula is C17H34N4O6. The summed E-state index contributed by atoms with van der Waals surface area (Å²) in [7, 11) is 4.90. The normalized spacial score (nSPS) is 40.0. The average Bonchev–Trinajstić information content (AvgIpc) is 2.65. The number of rotatable bonds is 7. The van der Waals surface area contributed by atoms with Crippen molar-refractivity contribution in [2.75, 3.05) is 34.3 Å². The number of aliphatic hydroxyl groups is 2. The van der Waals surface area contributed by atoms with Crippen LogP contribution in [0.15, 0.2) is 0 Å². The second-order valence-electron chi connectivity index (χ2n) is 7.29.